The molecule has 0 spiro atoms. The van der Waals surface area contributed by atoms with Crippen molar-refractivity contribution in [2.45, 2.75) is 64.6 Å². The molecule has 140 valence electrons. The molecule has 0 atom stereocenters. The molecule has 0 heterocycles. The van der Waals surface area contributed by atoms with Crippen molar-refractivity contribution in [3.8, 4) is 0 Å². The number of amides is 1. The van der Waals surface area contributed by atoms with Crippen LogP contribution in [0.15, 0.2) is 30.3 Å². The minimum atomic E-state index is -3.29. The fourth-order valence-corrected chi connectivity index (χ4v) is 4.68. The number of carbonyl (C=O) groups is 1. The molecule has 1 aromatic carbocycles. The smallest absolute Gasteiger partial charge is 0.224 e. The van der Waals surface area contributed by atoms with Gasteiger partial charge in [0.2, 0.25) is 15.9 Å². The van der Waals surface area contributed by atoms with Crippen LogP contribution in [0.4, 0.5) is 0 Å². The first-order chi connectivity index (χ1) is 11.8. The summed E-state index contributed by atoms with van der Waals surface area (Å²) in [4.78, 5) is 14.6. The third kappa shape index (κ3) is 5.82. The lowest BCUT2D eigenvalue weighted by atomic mass is 10.1. The lowest BCUT2D eigenvalue weighted by molar-refractivity contribution is -0.133. The Balaban J connectivity index is 2.01. The summed E-state index contributed by atoms with van der Waals surface area (Å²) in [7, 11) is -3.29. The third-order valence-electron chi connectivity index (χ3n) is 4.84. The highest BCUT2D eigenvalue weighted by Crippen LogP contribution is 2.25. The van der Waals surface area contributed by atoms with Gasteiger partial charge in [-0.3, -0.25) is 4.79 Å². The largest absolute Gasteiger partial charge is 0.336 e. The van der Waals surface area contributed by atoms with E-state index >= 15 is 0 Å². The summed E-state index contributed by atoms with van der Waals surface area (Å²) in [6.07, 6.45) is 5.42. The summed E-state index contributed by atoms with van der Waals surface area (Å²) in [5.41, 5.74) is 1.08. The highest BCUT2D eigenvalue weighted by Gasteiger charge is 2.30. The van der Waals surface area contributed by atoms with Gasteiger partial charge >= 0.3 is 0 Å². The Bertz CT molecular complexity index is 653. The van der Waals surface area contributed by atoms with E-state index in [1.54, 1.807) is 4.31 Å². The Labute approximate surface area is 152 Å². The lowest BCUT2D eigenvalue weighted by Gasteiger charge is -2.30. The zero-order chi connectivity index (χ0) is 18.4. The number of hydrogen-bond donors (Lipinski definition) is 0. The molecule has 1 aromatic rings. The van der Waals surface area contributed by atoms with Crippen LogP contribution in [0.2, 0.25) is 0 Å². The highest BCUT2D eigenvalue weighted by atomic mass is 32.2. The van der Waals surface area contributed by atoms with Gasteiger partial charge in [0.25, 0.3) is 0 Å². The maximum atomic E-state index is 12.7. The second kappa shape index (κ2) is 8.81. The van der Waals surface area contributed by atoms with Crippen molar-refractivity contribution >= 4 is 15.9 Å². The van der Waals surface area contributed by atoms with E-state index in [0.717, 1.165) is 31.2 Å². The Morgan fingerprint density at radius 2 is 1.76 bits per heavy atom. The molecule has 25 heavy (non-hydrogen) atoms. The second-order valence-corrected chi connectivity index (χ2v) is 9.10. The van der Waals surface area contributed by atoms with Gasteiger partial charge in [-0.25, -0.2) is 8.42 Å². The average molecular weight is 367 g/mol. The van der Waals surface area contributed by atoms with Crippen LogP contribution < -0.4 is 0 Å². The van der Waals surface area contributed by atoms with E-state index in [1.165, 1.54) is 6.26 Å². The Morgan fingerprint density at radius 1 is 1.16 bits per heavy atom. The molecular formula is C19H30N2O3S. The summed E-state index contributed by atoms with van der Waals surface area (Å²) in [5.74, 6) is 0.00509. The molecule has 1 saturated carbocycles. The number of nitrogens with zero attached hydrogens (tertiary/aromatic N) is 2. The van der Waals surface area contributed by atoms with Gasteiger partial charge < -0.3 is 4.90 Å². The molecule has 0 aliphatic heterocycles. The topological polar surface area (TPSA) is 57.7 Å². The van der Waals surface area contributed by atoms with Crippen LogP contribution in [-0.4, -0.2) is 48.4 Å². The van der Waals surface area contributed by atoms with E-state index in [9.17, 15) is 13.2 Å². The number of hydrogen-bond acceptors (Lipinski definition) is 3. The summed E-state index contributed by atoms with van der Waals surface area (Å²) >= 11 is 0. The van der Waals surface area contributed by atoms with Crippen molar-refractivity contribution in [3.05, 3.63) is 35.9 Å². The molecule has 1 aliphatic rings. The Hall–Kier alpha value is -1.40. The zero-order valence-electron chi connectivity index (χ0n) is 15.5. The van der Waals surface area contributed by atoms with Crippen LogP contribution in [0, 0.1) is 0 Å². The van der Waals surface area contributed by atoms with Crippen molar-refractivity contribution in [1.29, 1.82) is 0 Å². The van der Waals surface area contributed by atoms with Gasteiger partial charge in [-0.1, -0.05) is 43.2 Å². The lowest BCUT2D eigenvalue weighted by Crippen LogP contribution is -2.42. The maximum absolute atomic E-state index is 12.7. The minimum Gasteiger partial charge on any atom is -0.336 e. The second-order valence-electron chi connectivity index (χ2n) is 7.16. The van der Waals surface area contributed by atoms with Crippen molar-refractivity contribution in [3.63, 3.8) is 0 Å². The van der Waals surface area contributed by atoms with Gasteiger partial charge in [-0.05, 0) is 32.3 Å². The first-order valence-electron chi connectivity index (χ1n) is 9.09. The first kappa shape index (κ1) is 19.9. The standard InChI is InChI=1S/C19H30N2O3S/c1-16(2)20(15-17-9-5-4-6-10-17)19(22)13-14-21(25(3,23)24)18-11-7-8-12-18/h4-6,9-10,16,18H,7-8,11-15H2,1-3H3. The quantitative estimate of drug-likeness (QED) is 0.711. The van der Waals surface area contributed by atoms with E-state index in [2.05, 4.69) is 0 Å². The number of benzene rings is 1. The molecule has 1 amide bonds. The molecule has 2 rings (SSSR count). The normalized spacial score (nSPS) is 15.9. The number of carbonyl (C=O) groups excluding carboxylic acids is 1. The molecule has 0 N–H and O–H groups in total. The zero-order valence-corrected chi connectivity index (χ0v) is 16.3. The molecular weight excluding hydrogens is 336 g/mol. The molecule has 0 unspecified atom stereocenters. The van der Waals surface area contributed by atoms with E-state index in [0.29, 0.717) is 6.54 Å². The van der Waals surface area contributed by atoms with Crippen LogP contribution in [0.25, 0.3) is 0 Å². The molecule has 0 radical (unpaired) electrons. The van der Waals surface area contributed by atoms with E-state index in [-0.39, 0.29) is 31.0 Å². The molecule has 5 nitrogen and oxygen atoms in total. The van der Waals surface area contributed by atoms with Crippen LogP contribution >= 0.6 is 0 Å². The van der Waals surface area contributed by atoms with E-state index < -0.39 is 10.0 Å². The van der Waals surface area contributed by atoms with Crippen LogP contribution in [0.5, 0.6) is 0 Å². The van der Waals surface area contributed by atoms with Gasteiger partial charge in [0, 0.05) is 31.6 Å². The molecule has 1 fully saturated rings. The van der Waals surface area contributed by atoms with E-state index in [4.69, 9.17) is 0 Å². The van der Waals surface area contributed by atoms with Crippen molar-refractivity contribution in [2.75, 3.05) is 12.8 Å². The first-order valence-corrected chi connectivity index (χ1v) is 10.9. The van der Waals surface area contributed by atoms with E-state index in [1.807, 2.05) is 49.1 Å². The summed E-state index contributed by atoms with van der Waals surface area (Å²) in [5, 5.41) is 0. The van der Waals surface area contributed by atoms with Gasteiger partial charge in [0.1, 0.15) is 0 Å². The predicted octanol–water partition coefficient (Wildman–Crippen LogP) is 3.02. The molecule has 6 heteroatoms. The molecule has 1 aliphatic carbocycles. The number of sulfonamides is 1. The van der Waals surface area contributed by atoms with Crippen molar-refractivity contribution < 1.29 is 13.2 Å². The maximum Gasteiger partial charge on any atom is 0.224 e. The van der Waals surface area contributed by atoms with Crippen molar-refractivity contribution in [1.82, 2.24) is 9.21 Å². The van der Waals surface area contributed by atoms with Gasteiger partial charge in [-0.2, -0.15) is 4.31 Å². The average Bonchev–Trinajstić information content (AvgIpc) is 3.06. The Kier molecular flexibility index (Phi) is 7.02. The Morgan fingerprint density at radius 3 is 2.28 bits per heavy atom. The van der Waals surface area contributed by atoms with Gasteiger partial charge in [0.05, 0.1) is 6.26 Å². The fraction of sp³-hybridized carbons (Fsp3) is 0.632. The highest BCUT2D eigenvalue weighted by molar-refractivity contribution is 7.88. The molecule has 0 aromatic heterocycles. The van der Waals surface area contributed by atoms with Gasteiger partial charge in [-0.15, -0.1) is 0 Å². The van der Waals surface area contributed by atoms with Crippen LogP contribution in [0.1, 0.15) is 51.5 Å². The summed E-state index contributed by atoms with van der Waals surface area (Å²) in [6, 6.07) is 10.0. The van der Waals surface area contributed by atoms with Crippen molar-refractivity contribution in [2.24, 2.45) is 0 Å². The third-order valence-corrected chi connectivity index (χ3v) is 6.18. The summed E-state index contributed by atoms with van der Waals surface area (Å²) < 4.78 is 25.8. The predicted molar refractivity (Wildman–Crippen MR) is 101 cm³/mol. The van der Waals surface area contributed by atoms with Crippen LogP contribution in [-0.2, 0) is 21.4 Å². The minimum absolute atomic E-state index is 0.00509. The monoisotopic (exact) mass is 366 g/mol. The van der Waals surface area contributed by atoms with Crippen LogP contribution in [0.3, 0.4) is 0 Å². The molecule has 0 saturated heterocycles. The summed E-state index contributed by atoms with van der Waals surface area (Å²) in [6.45, 7) is 4.82. The SMILES string of the molecule is CC(C)N(Cc1ccccc1)C(=O)CCN(C1CCCC1)S(C)(=O)=O. The van der Waals surface area contributed by atoms with Gasteiger partial charge in [0.15, 0.2) is 0 Å². The number of rotatable bonds is 8. The fourth-order valence-electron chi connectivity index (χ4n) is 3.50. The molecule has 0 bridgehead atoms.